The molecule has 0 atom stereocenters. The monoisotopic (exact) mass is 342 g/mol. The smallest absolute Gasteiger partial charge is 0.0767 e. The summed E-state index contributed by atoms with van der Waals surface area (Å²) < 4.78 is 3.36. The maximum atomic E-state index is 4.69. The third-order valence-electron chi connectivity index (χ3n) is 4.63. The van der Waals surface area contributed by atoms with Crippen LogP contribution < -0.4 is 5.32 Å². The second-order valence-corrected chi connectivity index (χ2v) is 6.76. The average Bonchev–Trinajstić information content (AvgIpc) is 2.78. The third kappa shape index (κ3) is 3.26. The number of piperidine rings is 1. The van der Waals surface area contributed by atoms with Gasteiger partial charge in [-0.05, 0) is 56.1 Å². The van der Waals surface area contributed by atoms with Crippen molar-refractivity contribution in [2.75, 3.05) is 20.1 Å². The Morgan fingerprint density at radius 2 is 1.95 bits per heavy atom. The molecule has 20 heavy (non-hydrogen) atoms. The topological polar surface area (TPSA) is 33.1 Å². The molecule has 4 nitrogen and oxygen atoms in total. The molecule has 1 saturated heterocycles. The Bertz CT molecular complexity index is 447. The van der Waals surface area contributed by atoms with E-state index in [9.17, 15) is 0 Å². The number of rotatable bonds is 5. The largest absolute Gasteiger partial charge is 0.314 e. The molecule has 2 rings (SSSR count). The molecule has 1 fully saturated rings. The Labute approximate surface area is 131 Å². The van der Waals surface area contributed by atoms with Crippen molar-refractivity contribution in [1.82, 2.24) is 20.0 Å². The van der Waals surface area contributed by atoms with Gasteiger partial charge >= 0.3 is 0 Å². The highest BCUT2D eigenvalue weighted by Gasteiger charge is 2.29. The number of aromatic nitrogens is 2. The lowest BCUT2D eigenvalue weighted by molar-refractivity contribution is 0.143. The zero-order chi connectivity index (χ0) is 14.8. The summed E-state index contributed by atoms with van der Waals surface area (Å²) in [5.74, 6) is 0. The van der Waals surface area contributed by atoms with E-state index in [-0.39, 0.29) is 0 Å². The molecule has 0 radical (unpaired) electrons. The maximum Gasteiger partial charge on any atom is 0.0767 e. The number of hydrogen-bond acceptors (Lipinski definition) is 3. The number of halogens is 1. The SMILES string of the molecule is CCc1nn(CC)c(CN2CCC(C)(NC)CC2)c1Br. The standard InChI is InChI=1S/C15H27BrN4/c1-5-12-14(16)13(20(6-2)18-12)11-19-9-7-15(3,17-4)8-10-19/h17H,5-11H2,1-4H3. The van der Waals surface area contributed by atoms with E-state index >= 15 is 0 Å². The number of aryl methyl sites for hydroxylation is 2. The fourth-order valence-corrected chi connectivity index (χ4v) is 3.52. The van der Waals surface area contributed by atoms with E-state index in [0.29, 0.717) is 5.54 Å². The normalized spacial score (nSPS) is 19.4. The minimum absolute atomic E-state index is 0.313. The first-order valence-electron chi connectivity index (χ1n) is 7.68. The fourth-order valence-electron chi connectivity index (χ4n) is 2.83. The Kier molecular flexibility index (Phi) is 5.26. The van der Waals surface area contributed by atoms with Crippen LogP contribution in [0.25, 0.3) is 0 Å². The molecule has 0 bridgehead atoms. The van der Waals surface area contributed by atoms with Crippen molar-refractivity contribution in [3.05, 3.63) is 15.9 Å². The predicted molar refractivity (Wildman–Crippen MR) is 87.0 cm³/mol. The van der Waals surface area contributed by atoms with Crippen LogP contribution in [0.2, 0.25) is 0 Å². The van der Waals surface area contributed by atoms with Gasteiger partial charge in [-0.15, -0.1) is 0 Å². The molecule has 0 aliphatic carbocycles. The fraction of sp³-hybridized carbons (Fsp3) is 0.800. The molecule has 5 heteroatoms. The quantitative estimate of drug-likeness (QED) is 0.893. The molecule has 1 aromatic heterocycles. The second kappa shape index (κ2) is 6.58. The van der Waals surface area contributed by atoms with Gasteiger partial charge in [0.05, 0.1) is 15.9 Å². The number of likely N-dealkylation sites (tertiary alicyclic amines) is 1. The lowest BCUT2D eigenvalue weighted by Gasteiger charge is -2.39. The molecule has 0 saturated carbocycles. The Morgan fingerprint density at radius 3 is 2.45 bits per heavy atom. The van der Waals surface area contributed by atoms with Gasteiger partial charge in [0.2, 0.25) is 0 Å². The van der Waals surface area contributed by atoms with E-state index in [2.05, 4.69) is 63.7 Å². The van der Waals surface area contributed by atoms with Gasteiger partial charge in [0, 0.05) is 31.7 Å². The minimum Gasteiger partial charge on any atom is -0.314 e. The zero-order valence-corrected chi connectivity index (χ0v) is 14.8. The van der Waals surface area contributed by atoms with Crippen LogP contribution in [-0.2, 0) is 19.5 Å². The molecule has 1 aliphatic heterocycles. The number of nitrogens with zero attached hydrogens (tertiary/aromatic N) is 3. The van der Waals surface area contributed by atoms with Gasteiger partial charge in [-0.3, -0.25) is 9.58 Å². The van der Waals surface area contributed by atoms with Gasteiger partial charge < -0.3 is 5.32 Å². The van der Waals surface area contributed by atoms with Gasteiger partial charge in [0.1, 0.15) is 0 Å². The van der Waals surface area contributed by atoms with Crippen LogP contribution in [0.5, 0.6) is 0 Å². The van der Waals surface area contributed by atoms with E-state index in [1.165, 1.54) is 28.7 Å². The van der Waals surface area contributed by atoms with Crippen LogP contribution in [0.1, 0.15) is 45.0 Å². The first-order chi connectivity index (χ1) is 9.53. The van der Waals surface area contributed by atoms with Gasteiger partial charge in [0.25, 0.3) is 0 Å². The van der Waals surface area contributed by atoms with Gasteiger partial charge in [0.15, 0.2) is 0 Å². The molecule has 1 N–H and O–H groups in total. The zero-order valence-electron chi connectivity index (χ0n) is 13.2. The summed E-state index contributed by atoms with van der Waals surface area (Å²) in [5.41, 5.74) is 2.82. The van der Waals surface area contributed by atoms with Gasteiger partial charge in [-0.1, -0.05) is 6.92 Å². The van der Waals surface area contributed by atoms with E-state index in [0.717, 1.165) is 32.6 Å². The summed E-state index contributed by atoms with van der Waals surface area (Å²) in [5, 5.41) is 8.15. The molecule has 0 spiro atoms. The molecule has 1 aromatic rings. The number of hydrogen-bond donors (Lipinski definition) is 1. The summed E-state index contributed by atoms with van der Waals surface area (Å²) in [7, 11) is 2.08. The summed E-state index contributed by atoms with van der Waals surface area (Å²) in [6, 6.07) is 0. The molecule has 0 amide bonds. The van der Waals surface area contributed by atoms with Crippen molar-refractivity contribution >= 4 is 15.9 Å². The molecule has 1 aliphatic rings. The summed E-state index contributed by atoms with van der Waals surface area (Å²) >= 11 is 3.74. The lowest BCUT2D eigenvalue weighted by atomic mass is 9.90. The van der Waals surface area contributed by atoms with Gasteiger partial charge in [-0.2, -0.15) is 5.10 Å². The van der Waals surface area contributed by atoms with Crippen molar-refractivity contribution in [3.63, 3.8) is 0 Å². The first-order valence-corrected chi connectivity index (χ1v) is 8.47. The van der Waals surface area contributed by atoms with Crippen LogP contribution in [0, 0.1) is 0 Å². The Hall–Kier alpha value is -0.390. The third-order valence-corrected chi connectivity index (χ3v) is 5.55. The van der Waals surface area contributed by atoms with Crippen molar-refractivity contribution in [3.8, 4) is 0 Å². The van der Waals surface area contributed by atoms with Crippen molar-refractivity contribution in [2.45, 2.75) is 58.7 Å². The molecule has 0 unspecified atom stereocenters. The van der Waals surface area contributed by atoms with Crippen LogP contribution in [0.4, 0.5) is 0 Å². The second-order valence-electron chi connectivity index (χ2n) is 5.96. The first kappa shape index (κ1) is 16.0. The van der Waals surface area contributed by atoms with Crippen LogP contribution >= 0.6 is 15.9 Å². The van der Waals surface area contributed by atoms with Crippen LogP contribution in [0.15, 0.2) is 4.47 Å². The van der Waals surface area contributed by atoms with Crippen molar-refractivity contribution in [1.29, 1.82) is 0 Å². The summed E-state index contributed by atoms with van der Waals surface area (Å²) in [6.45, 7) is 10.9. The van der Waals surface area contributed by atoms with Gasteiger partial charge in [-0.25, -0.2) is 0 Å². The molecule has 114 valence electrons. The van der Waals surface area contributed by atoms with E-state index in [1.807, 2.05) is 0 Å². The Morgan fingerprint density at radius 1 is 1.30 bits per heavy atom. The highest BCUT2D eigenvalue weighted by molar-refractivity contribution is 9.10. The van der Waals surface area contributed by atoms with Crippen LogP contribution in [-0.4, -0.2) is 40.4 Å². The van der Waals surface area contributed by atoms with Crippen LogP contribution in [0.3, 0.4) is 0 Å². The molecule has 0 aromatic carbocycles. The number of nitrogens with one attached hydrogen (secondary N) is 1. The van der Waals surface area contributed by atoms with Crippen molar-refractivity contribution < 1.29 is 0 Å². The molecular formula is C15H27BrN4. The summed E-state index contributed by atoms with van der Waals surface area (Å²) in [4.78, 5) is 2.55. The maximum absolute atomic E-state index is 4.69. The minimum atomic E-state index is 0.313. The van der Waals surface area contributed by atoms with Crippen molar-refractivity contribution in [2.24, 2.45) is 0 Å². The highest BCUT2D eigenvalue weighted by atomic mass is 79.9. The van der Waals surface area contributed by atoms with E-state index in [4.69, 9.17) is 0 Å². The lowest BCUT2D eigenvalue weighted by Crippen LogP contribution is -2.49. The van der Waals surface area contributed by atoms with E-state index in [1.54, 1.807) is 0 Å². The molecular weight excluding hydrogens is 316 g/mol. The summed E-state index contributed by atoms with van der Waals surface area (Å²) in [6.07, 6.45) is 3.41. The molecule has 2 heterocycles. The predicted octanol–water partition coefficient (Wildman–Crippen LogP) is 2.80. The average molecular weight is 343 g/mol. The van der Waals surface area contributed by atoms with E-state index < -0.39 is 0 Å². The highest BCUT2D eigenvalue weighted by Crippen LogP contribution is 2.27. The Balaban J connectivity index is 2.06.